The van der Waals surface area contributed by atoms with Crippen molar-refractivity contribution in [1.29, 1.82) is 0 Å². The minimum atomic E-state index is -0.615. The SMILES string of the molecule is CC[C@@H](C)Cc1c(C)sc2nc(COC(=O)c3cccnc3Cl)[nH]c(=O)c12. The first-order valence-corrected chi connectivity index (χ1v) is 9.89. The van der Waals surface area contributed by atoms with E-state index in [1.807, 2.05) is 6.92 Å². The number of pyridine rings is 1. The van der Waals surface area contributed by atoms with Gasteiger partial charge in [-0.2, -0.15) is 0 Å². The van der Waals surface area contributed by atoms with Crippen molar-refractivity contribution in [2.45, 2.75) is 40.2 Å². The van der Waals surface area contributed by atoms with Crippen LogP contribution in [0.2, 0.25) is 5.15 Å². The molecule has 1 N–H and O–H groups in total. The van der Waals surface area contributed by atoms with Crippen LogP contribution in [0.3, 0.4) is 0 Å². The van der Waals surface area contributed by atoms with Crippen LogP contribution in [0.5, 0.6) is 0 Å². The molecular formula is C19H20ClN3O3S. The van der Waals surface area contributed by atoms with Crippen LogP contribution >= 0.6 is 22.9 Å². The third-order valence-corrected chi connectivity index (χ3v) is 5.82. The molecule has 27 heavy (non-hydrogen) atoms. The van der Waals surface area contributed by atoms with Crippen molar-refractivity contribution in [2.24, 2.45) is 5.92 Å². The van der Waals surface area contributed by atoms with Gasteiger partial charge in [0, 0.05) is 11.1 Å². The van der Waals surface area contributed by atoms with Crippen molar-refractivity contribution >= 4 is 39.1 Å². The van der Waals surface area contributed by atoms with Gasteiger partial charge in [0.15, 0.2) is 0 Å². The quantitative estimate of drug-likeness (QED) is 0.488. The normalized spacial score (nSPS) is 12.3. The zero-order chi connectivity index (χ0) is 19.6. The van der Waals surface area contributed by atoms with Crippen LogP contribution < -0.4 is 5.56 Å². The highest BCUT2D eigenvalue weighted by Gasteiger charge is 2.18. The number of aryl methyl sites for hydroxylation is 1. The standard InChI is InChI=1S/C19H20ClN3O3S/c1-4-10(2)8-13-11(3)27-18-15(13)17(24)22-14(23-18)9-26-19(25)12-6-5-7-21-16(12)20/h5-7,10H,4,8-9H2,1-3H3,(H,22,23,24)/t10-/m1/s1. The van der Waals surface area contributed by atoms with Crippen LogP contribution in [-0.4, -0.2) is 20.9 Å². The number of carbonyl (C=O) groups excluding carboxylic acids is 1. The number of aromatic nitrogens is 3. The van der Waals surface area contributed by atoms with Gasteiger partial charge in [-0.3, -0.25) is 4.79 Å². The second-order valence-corrected chi connectivity index (χ2v) is 8.03. The van der Waals surface area contributed by atoms with E-state index >= 15 is 0 Å². The second-order valence-electron chi connectivity index (χ2n) is 6.47. The summed E-state index contributed by atoms with van der Waals surface area (Å²) in [6.07, 6.45) is 3.39. The summed E-state index contributed by atoms with van der Waals surface area (Å²) in [6.45, 7) is 6.17. The summed E-state index contributed by atoms with van der Waals surface area (Å²) in [7, 11) is 0. The van der Waals surface area contributed by atoms with E-state index in [-0.39, 0.29) is 22.9 Å². The van der Waals surface area contributed by atoms with E-state index in [0.717, 1.165) is 23.3 Å². The largest absolute Gasteiger partial charge is 0.454 e. The van der Waals surface area contributed by atoms with Crippen LogP contribution in [0, 0.1) is 12.8 Å². The lowest BCUT2D eigenvalue weighted by Crippen LogP contribution is -2.15. The number of hydrogen-bond acceptors (Lipinski definition) is 6. The molecule has 8 heteroatoms. The lowest BCUT2D eigenvalue weighted by atomic mass is 9.98. The van der Waals surface area contributed by atoms with Crippen LogP contribution in [0.25, 0.3) is 10.2 Å². The molecule has 0 unspecified atom stereocenters. The molecule has 0 bridgehead atoms. The number of nitrogens with zero attached hydrogens (tertiary/aromatic N) is 2. The summed E-state index contributed by atoms with van der Waals surface area (Å²) in [5.41, 5.74) is 1.03. The molecule has 0 spiro atoms. The van der Waals surface area contributed by atoms with Gasteiger partial charge in [-0.25, -0.2) is 14.8 Å². The van der Waals surface area contributed by atoms with Gasteiger partial charge in [0.05, 0.1) is 10.9 Å². The molecule has 0 aromatic carbocycles. The third-order valence-electron chi connectivity index (χ3n) is 4.48. The maximum absolute atomic E-state index is 12.6. The van der Waals surface area contributed by atoms with E-state index in [1.165, 1.54) is 23.6 Å². The molecule has 3 aromatic heterocycles. The maximum atomic E-state index is 12.6. The monoisotopic (exact) mass is 405 g/mol. The third kappa shape index (κ3) is 4.20. The van der Waals surface area contributed by atoms with E-state index in [0.29, 0.717) is 22.0 Å². The minimum absolute atomic E-state index is 0.0722. The van der Waals surface area contributed by atoms with Gasteiger partial charge < -0.3 is 9.72 Å². The summed E-state index contributed by atoms with van der Waals surface area (Å²) < 4.78 is 5.23. The Morgan fingerprint density at radius 3 is 2.93 bits per heavy atom. The summed E-state index contributed by atoms with van der Waals surface area (Å²) in [4.78, 5) is 37.6. The van der Waals surface area contributed by atoms with E-state index < -0.39 is 5.97 Å². The lowest BCUT2D eigenvalue weighted by molar-refractivity contribution is 0.0462. The number of nitrogens with one attached hydrogen (secondary N) is 1. The van der Waals surface area contributed by atoms with Gasteiger partial charge in [-0.05, 0) is 37.0 Å². The number of H-pyrrole nitrogens is 1. The summed E-state index contributed by atoms with van der Waals surface area (Å²) in [6, 6.07) is 3.13. The van der Waals surface area contributed by atoms with E-state index in [4.69, 9.17) is 16.3 Å². The fraction of sp³-hybridized carbons (Fsp3) is 0.368. The molecule has 6 nitrogen and oxygen atoms in total. The molecule has 3 heterocycles. The number of halogens is 1. The Morgan fingerprint density at radius 1 is 1.44 bits per heavy atom. The second kappa shape index (κ2) is 8.19. The molecule has 1 atom stereocenters. The highest BCUT2D eigenvalue weighted by molar-refractivity contribution is 7.18. The molecule has 0 aliphatic carbocycles. The first-order chi connectivity index (χ1) is 12.9. The number of ether oxygens (including phenoxy) is 1. The number of rotatable bonds is 6. The van der Waals surface area contributed by atoms with Crippen molar-refractivity contribution in [1.82, 2.24) is 15.0 Å². The fourth-order valence-corrected chi connectivity index (χ4v) is 4.05. The van der Waals surface area contributed by atoms with Crippen molar-refractivity contribution in [3.63, 3.8) is 0 Å². The van der Waals surface area contributed by atoms with Crippen LogP contribution in [0.15, 0.2) is 23.1 Å². The van der Waals surface area contributed by atoms with Crippen LogP contribution in [0.4, 0.5) is 0 Å². The van der Waals surface area contributed by atoms with Gasteiger partial charge in [0.1, 0.15) is 22.4 Å². The average molecular weight is 406 g/mol. The predicted molar refractivity (Wildman–Crippen MR) is 107 cm³/mol. The summed E-state index contributed by atoms with van der Waals surface area (Å²) >= 11 is 7.38. The summed E-state index contributed by atoms with van der Waals surface area (Å²) in [5, 5.41) is 0.714. The van der Waals surface area contributed by atoms with E-state index in [1.54, 1.807) is 6.07 Å². The van der Waals surface area contributed by atoms with Crippen molar-refractivity contribution in [2.75, 3.05) is 0 Å². The van der Waals surface area contributed by atoms with Gasteiger partial charge in [-0.15, -0.1) is 11.3 Å². The first-order valence-electron chi connectivity index (χ1n) is 8.69. The Morgan fingerprint density at radius 2 is 2.22 bits per heavy atom. The molecule has 0 saturated heterocycles. The van der Waals surface area contributed by atoms with Gasteiger partial charge in [0.25, 0.3) is 5.56 Å². The number of thiophene rings is 1. The Bertz CT molecular complexity index is 1040. The van der Waals surface area contributed by atoms with E-state index in [9.17, 15) is 9.59 Å². The summed E-state index contributed by atoms with van der Waals surface area (Å²) in [5.74, 6) is 0.179. The molecule has 0 fully saturated rings. The number of hydrogen-bond donors (Lipinski definition) is 1. The smallest absolute Gasteiger partial charge is 0.341 e. The van der Waals surface area contributed by atoms with Crippen molar-refractivity contribution in [3.8, 4) is 0 Å². The predicted octanol–water partition coefficient (Wildman–Crippen LogP) is 4.29. The van der Waals surface area contributed by atoms with Crippen LogP contribution in [-0.2, 0) is 17.8 Å². The molecule has 3 aromatic rings. The fourth-order valence-electron chi connectivity index (χ4n) is 2.78. The minimum Gasteiger partial charge on any atom is -0.454 e. The van der Waals surface area contributed by atoms with Crippen LogP contribution in [0.1, 0.15) is 46.9 Å². The zero-order valence-corrected chi connectivity index (χ0v) is 16.9. The average Bonchev–Trinajstić information content (AvgIpc) is 2.95. The number of fused-ring (bicyclic) bond motifs is 1. The molecule has 3 rings (SSSR count). The number of aromatic amines is 1. The molecule has 0 saturated carbocycles. The molecule has 0 radical (unpaired) electrons. The number of carbonyl (C=O) groups is 1. The molecule has 142 valence electrons. The first kappa shape index (κ1) is 19.5. The molecular weight excluding hydrogens is 386 g/mol. The molecule has 0 aliphatic rings. The van der Waals surface area contributed by atoms with Gasteiger partial charge >= 0.3 is 5.97 Å². The Labute approximate surface area is 165 Å². The highest BCUT2D eigenvalue weighted by atomic mass is 35.5. The zero-order valence-electron chi connectivity index (χ0n) is 15.3. The molecule has 0 aliphatic heterocycles. The van der Waals surface area contributed by atoms with Gasteiger partial charge in [-0.1, -0.05) is 31.9 Å². The Hall–Kier alpha value is -2.25. The maximum Gasteiger partial charge on any atom is 0.341 e. The molecule has 0 amide bonds. The Balaban J connectivity index is 1.84. The van der Waals surface area contributed by atoms with Gasteiger partial charge in [0.2, 0.25) is 0 Å². The van der Waals surface area contributed by atoms with E-state index in [2.05, 4.69) is 28.8 Å². The lowest BCUT2D eigenvalue weighted by Gasteiger charge is -2.08. The van der Waals surface area contributed by atoms with Crippen molar-refractivity contribution < 1.29 is 9.53 Å². The van der Waals surface area contributed by atoms with Crippen molar-refractivity contribution in [3.05, 3.63) is 55.7 Å². The highest BCUT2D eigenvalue weighted by Crippen LogP contribution is 2.29. The number of esters is 1. The topological polar surface area (TPSA) is 84.9 Å². The Kier molecular flexibility index (Phi) is 5.92.